The van der Waals surface area contributed by atoms with Crippen LogP contribution in [-0.2, 0) is 4.79 Å². The lowest BCUT2D eigenvalue weighted by atomic mass is 9.94. The minimum Gasteiger partial charge on any atom is -0.347 e. The standard InChI is InChI=1S/C23H25N5O3/c1-15(17-10-7-11-18(12-17)22(30)16-8-5-4-6-9-16)19-13-20(31-27-19)26-23(24)25-14-21(29)28(2)3/h4-13,15H,14H2,1-3H3,(H3,24,25,26). The van der Waals surface area contributed by atoms with Gasteiger partial charge in [-0.3, -0.25) is 20.3 Å². The molecule has 8 heteroatoms. The third-order valence-electron chi connectivity index (χ3n) is 4.82. The molecule has 0 aliphatic heterocycles. The third-order valence-corrected chi connectivity index (χ3v) is 4.82. The molecular weight excluding hydrogens is 394 g/mol. The lowest BCUT2D eigenvalue weighted by Gasteiger charge is -2.12. The Morgan fingerprint density at radius 2 is 1.77 bits per heavy atom. The summed E-state index contributed by atoms with van der Waals surface area (Å²) in [5, 5.41) is 17.4. The maximum absolute atomic E-state index is 12.7. The van der Waals surface area contributed by atoms with Crippen LogP contribution in [0.25, 0.3) is 0 Å². The van der Waals surface area contributed by atoms with E-state index in [2.05, 4.69) is 15.8 Å². The minimum absolute atomic E-state index is 0.00152. The molecule has 1 unspecified atom stereocenters. The van der Waals surface area contributed by atoms with Crippen LogP contribution in [0.5, 0.6) is 0 Å². The van der Waals surface area contributed by atoms with Crippen LogP contribution in [0, 0.1) is 5.41 Å². The molecule has 31 heavy (non-hydrogen) atoms. The molecule has 3 rings (SSSR count). The fourth-order valence-corrected chi connectivity index (χ4v) is 2.92. The van der Waals surface area contributed by atoms with Crippen LogP contribution < -0.4 is 10.6 Å². The molecule has 0 saturated carbocycles. The summed E-state index contributed by atoms with van der Waals surface area (Å²) in [5.41, 5.74) is 2.82. The van der Waals surface area contributed by atoms with Gasteiger partial charge in [0.15, 0.2) is 11.7 Å². The summed E-state index contributed by atoms with van der Waals surface area (Å²) in [6.07, 6.45) is 0. The number of amides is 1. The molecule has 3 N–H and O–H groups in total. The molecule has 1 amide bonds. The van der Waals surface area contributed by atoms with E-state index >= 15 is 0 Å². The topological polar surface area (TPSA) is 111 Å². The van der Waals surface area contributed by atoms with Crippen LogP contribution in [0.3, 0.4) is 0 Å². The molecule has 0 saturated heterocycles. The van der Waals surface area contributed by atoms with Gasteiger partial charge in [-0.2, -0.15) is 0 Å². The van der Waals surface area contributed by atoms with Gasteiger partial charge in [0, 0.05) is 37.2 Å². The van der Waals surface area contributed by atoms with Crippen molar-refractivity contribution in [1.82, 2.24) is 15.4 Å². The average Bonchev–Trinajstić information content (AvgIpc) is 3.25. The van der Waals surface area contributed by atoms with Crippen molar-refractivity contribution in [2.45, 2.75) is 12.8 Å². The number of carbonyl (C=O) groups is 2. The summed E-state index contributed by atoms with van der Waals surface area (Å²) < 4.78 is 5.27. The van der Waals surface area contributed by atoms with Crippen molar-refractivity contribution in [2.75, 3.05) is 26.0 Å². The molecule has 2 aromatic carbocycles. The van der Waals surface area contributed by atoms with Gasteiger partial charge in [0.05, 0.1) is 12.2 Å². The fourth-order valence-electron chi connectivity index (χ4n) is 2.92. The van der Waals surface area contributed by atoms with Gasteiger partial charge >= 0.3 is 0 Å². The first kappa shape index (κ1) is 21.8. The Balaban J connectivity index is 1.67. The number of hydrogen-bond acceptors (Lipinski definition) is 5. The highest BCUT2D eigenvalue weighted by molar-refractivity contribution is 6.09. The van der Waals surface area contributed by atoms with E-state index in [0.29, 0.717) is 16.8 Å². The zero-order valence-corrected chi connectivity index (χ0v) is 17.7. The van der Waals surface area contributed by atoms with Gasteiger partial charge in [0.25, 0.3) is 0 Å². The molecule has 3 aromatic rings. The summed E-state index contributed by atoms with van der Waals surface area (Å²) in [4.78, 5) is 25.8. The molecule has 1 heterocycles. The molecule has 1 atom stereocenters. The molecule has 1 aromatic heterocycles. The second-order valence-corrected chi connectivity index (χ2v) is 7.30. The maximum atomic E-state index is 12.7. The number of nitrogens with one attached hydrogen (secondary N) is 3. The van der Waals surface area contributed by atoms with Crippen LogP contribution in [0.2, 0.25) is 0 Å². The summed E-state index contributed by atoms with van der Waals surface area (Å²) in [6.45, 7) is 1.96. The molecule has 0 bridgehead atoms. The lowest BCUT2D eigenvalue weighted by molar-refractivity contribution is -0.127. The van der Waals surface area contributed by atoms with E-state index < -0.39 is 0 Å². The van der Waals surface area contributed by atoms with Crippen molar-refractivity contribution in [3.8, 4) is 0 Å². The Morgan fingerprint density at radius 1 is 1.06 bits per heavy atom. The Kier molecular flexibility index (Phi) is 6.81. The Labute approximate surface area is 180 Å². The van der Waals surface area contributed by atoms with Gasteiger partial charge in [-0.05, 0) is 11.6 Å². The average molecular weight is 419 g/mol. The van der Waals surface area contributed by atoms with Crippen molar-refractivity contribution in [3.63, 3.8) is 0 Å². The quantitative estimate of drug-likeness (QED) is 0.308. The molecule has 0 aliphatic rings. The Bertz CT molecular complexity index is 1080. The van der Waals surface area contributed by atoms with E-state index in [1.54, 1.807) is 38.4 Å². The van der Waals surface area contributed by atoms with Crippen molar-refractivity contribution >= 4 is 23.5 Å². The van der Waals surface area contributed by atoms with Crippen LogP contribution >= 0.6 is 0 Å². The van der Waals surface area contributed by atoms with E-state index in [1.165, 1.54) is 4.90 Å². The summed E-state index contributed by atoms with van der Waals surface area (Å²) in [5.74, 6) is -0.0956. The molecule has 0 fully saturated rings. The largest absolute Gasteiger partial charge is 0.347 e. The molecular formula is C23H25N5O3. The highest BCUT2D eigenvalue weighted by Crippen LogP contribution is 2.26. The number of aromatic nitrogens is 1. The van der Waals surface area contributed by atoms with Gasteiger partial charge in [-0.15, -0.1) is 0 Å². The summed E-state index contributed by atoms with van der Waals surface area (Å²) >= 11 is 0. The van der Waals surface area contributed by atoms with E-state index in [0.717, 1.165) is 5.56 Å². The number of benzene rings is 2. The SMILES string of the molecule is CC(c1cccc(C(=O)c2ccccc2)c1)c1cc(NC(=N)NCC(=O)N(C)C)on1. The van der Waals surface area contributed by atoms with E-state index in [-0.39, 0.29) is 36.0 Å². The molecule has 160 valence electrons. The van der Waals surface area contributed by atoms with Gasteiger partial charge in [-0.1, -0.05) is 60.6 Å². The third kappa shape index (κ3) is 5.57. The Hall–Kier alpha value is -3.94. The number of carbonyl (C=O) groups excluding carboxylic acids is 2. The first-order valence-corrected chi connectivity index (χ1v) is 9.81. The lowest BCUT2D eigenvalue weighted by Crippen LogP contribution is -2.38. The molecule has 0 aliphatic carbocycles. The highest BCUT2D eigenvalue weighted by atomic mass is 16.5. The molecule has 8 nitrogen and oxygen atoms in total. The first-order valence-electron chi connectivity index (χ1n) is 9.81. The van der Waals surface area contributed by atoms with Gasteiger partial charge < -0.3 is 14.7 Å². The number of rotatable bonds is 7. The summed E-state index contributed by atoms with van der Waals surface area (Å²) in [7, 11) is 3.29. The summed E-state index contributed by atoms with van der Waals surface area (Å²) in [6, 6.07) is 18.3. The zero-order chi connectivity index (χ0) is 22.4. The van der Waals surface area contributed by atoms with Crippen LogP contribution in [0.15, 0.2) is 65.2 Å². The van der Waals surface area contributed by atoms with Gasteiger partial charge in [0.1, 0.15) is 0 Å². The van der Waals surface area contributed by atoms with E-state index in [9.17, 15) is 9.59 Å². The zero-order valence-electron chi connectivity index (χ0n) is 17.7. The monoisotopic (exact) mass is 419 g/mol. The van der Waals surface area contributed by atoms with Gasteiger partial charge in [-0.25, -0.2) is 0 Å². The second kappa shape index (κ2) is 9.71. The second-order valence-electron chi connectivity index (χ2n) is 7.30. The number of likely N-dealkylation sites (N-methyl/N-ethyl adjacent to an activating group) is 1. The van der Waals surface area contributed by atoms with E-state index in [4.69, 9.17) is 9.93 Å². The van der Waals surface area contributed by atoms with Gasteiger partial charge in [0.2, 0.25) is 11.8 Å². The minimum atomic E-state index is -0.150. The predicted octanol–water partition coefficient (Wildman–Crippen LogP) is 3.08. The number of anilines is 1. The van der Waals surface area contributed by atoms with Crippen molar-refractivity contribution in [1.29, 1.82) is 5.41 Å². The van der Waals surface area contributed by atoms with Crippen molar-refractivity contribution in [2.24, 2.45) is 0 Å². The normalized spacial score (nSPS) is 11.5. The maximum Gasteiger partial charge on any atom is 0.241 e. The highest BCUT2D eigenvalue weighted by Gasteiger charge is 2.17. The predicted molar refractivity (Wildman–Crippen MR) is 118 cm³/mol. The number of nitrogens with zero attached hydrogens (tertiary/aromatic N) is 2. The number of ketones is 1. The van der Waals surface area contributed by atoms with E-state index in [1.807, 2.05) is 43.3 Å². The Morgan fingerprint density at radius 3 is 2.48 bits per heavy atom. The smallest absolute Gasteiger partial charge is 0.241 e. The molecule has 0 spiro atoms. The van der Waals surface area contributed by atoms with Crippen LogP contribution in [0.1, 0.15) is 40.0 Å². The molecule has 0 radical (unpaired) electrons. The van der Waals surface area contributed by atoms with Crippen LogP contribution in [-0.4, -0.2) is 48.3 Å². The fraction of sp³-hybridized carbons (Fsp3) is 0.217. The first-order chi connectivity index (χ1) is 14.8. The number of hydrogen-bond donors (Lipinski definition) is 3. The van der Waals surface area contributed by atoms with Crippen molar-refractivity contribution in [3.05, 3.63) is 83.0 Å². The number of guanidine groups is 1. The van der Waals surface area contributed by atoms with Crippen molar-refractivity contribution < 1.29 is 14.1 Å². The van der Waals surface area contributed by atoms with Crippen LogP contribution in [0.4, 0.5) is 5.88 Å².